The molecule has 0 aromatic heterocycles. The van der Waals surface area contributed by atoms with Crippen LogP contribution in [-0.4, -0.2) is 12.0 Å². The molecule has 1 heteroatoms. The van der Waals surface area contributed by atoms with Crippen LogP contribution in [0.2, 0.25) is 0 Å². The van der Waals surface area contributed by atoms with Gasteiger partial charge in [-0.15, -0.1) is 0 Å². The molecule has 72 valence electrons. The molecule has 0 aliphatic heterocycles. The van der Waals surface area contributed by atoms with Crippen molar-refractivity contribution < 1.29 is 0 Å². The van der Waals surface area contributed by atoms with Crippen LogP contribution in [0, 0.1) is 13.8 Å². The lowest BCUT2D eigenvalue weighted by molar-refractivity contribution is 0.921. The van der Waals surface area contributed by atoms with Crippen molar-refractivity contribution in [1.82, 2.24) is 0 Å². The molecular weight excluding hydrogens is 176 g/mol. The normalized spacial score (nSPS) is 10.4. The van der Waals surface area contributed by atoms with E-state index in [4.69, 9.17) is 0 Å². The molecule has 0 fully saturated rings. The maximum atomic E-state index is 2.25. The summed E-state index contributed by atoms with van der Waals surface area (Å²) in [6, 6.07) is 6.60. The van der Waals surface area contributed by atoms with Crippen LogP contribution in [0.15, 0.2) is 18.2 Å². The van der Waals surface area contributed by atoms with E-state index in [1.165, 1.54) is 35.3 Å². The topological polar surface area (TPSA) is 0 Å². The molecule has 0 saturated carbocycles. The van der Waals surface area contributed by atoms with Crippen LogP contribution < -0.4 is 0 Å². The Morgan fingerprint density at radius 1 is 1.23 bits per heavy atom. The lowest BCUT2D eigenvalue weighted by atomic mass is 10.0. The van der Waals surface area contributed by atoms with Crippen LogP contribution in [0.5, 0.6) is 0 Å². The monoisotopic (exact) mass is 194 g/mol. The molecule has 0 atom stereocenters. The maximum Gasteiger partial charge on any atom is -0.00671 e. The summed E-state index contributed by atoms with van der Waals surface area (Å²) in [6.45, 7) is 4.41. The Labute approximate surface area is 85.7 Å². The fourth-order valence-electron chi connectivity index (χ4n) is 1.49. The van der Waals surface area contributed by atoms with E-state index in [1.54, 1.807) is 0 Å². The fraction of sp³-hybridized carbons (Fsp3) is 0.500. The number of benzene rings is 1. The fourth-order valence-corrected chi connectivity index (χ4v) is 1.92. The summed E-state index contributed by atoms with van der Waals surface area (Å²) in [6.07, 6.45) is 4.70. The Bertz CT molecular complexity index is 266. The number of rotatable bonds is 4. The first-order valence-electron chi connectivity index (χ1n) is 4.79. The smallest absolute Gasteiger partial charge is 0.00671 e. The van der Waals surface area contributed by atoms with Crippen molar-refractivity contribution in [2.24, 2.45) is 0 Å². The third-order valence-corrected chi connectivity index (χ3v) is 3.21. The van der Waals surface area contributed by atoms with Gasteiger partial charge in [0, 0.05) is 0 Å². The number of hydrogen-bond acceptors (Lipinski definition) is 1. The van der Waals surface area contributed by atoms with E-state index in [0.717, 1.165) is 0 Å². The quantitative estimate of drug-likeness (QED) is 0.660. The first-order valence-corrected chi connectivity index (χ1v) is 6.19. The van der Waals surface area contributed by atoms with Crippen molar-refractivity contribution in [2.75, 3.05) is 12.0 Å². The minimum absolute atomic E-state index is 1.23. The van der Waals surface area contributed by atoms with E-state index < -0.39 is 0 Å². The summed E-state index contributed by atoms with van der Waals surface area (Å²) in [7, 11) is 0. The van der Waals surface area contributed by atoms with Gasteiger partial charge in [0.25, 0.3) is 0 Å². The van der Waals surface area contributed by atoms with Crippen LogP contribution >= 0.6 is 11.8 Å². The highest BCUT2D eigenvalue weighted by molar-refractivity contribution is 7.98. The standard InChI is InChI=1S/C12H18S/c1-10-6-4-7-12(11(10)2)8-5-9-13-3/h4,6-7H,5,8-9H2,1-3H3. The van der Waals surface area contributed by atoms with Crippen molar-refractivity contribution in [3.8, 4) is 0 Å². The largest absolute Gasteiger partial charge is 0.165 e. The lowest BCUT2D eigenvalue weighted by Gasteiger charge is -2.07. The van der Waals surface area contributed by atoms with Crippen LogP contribution in [0.25, 0.3) is 0 Å². The molecule has 1 rings (SSSR count). The summed E-state index contributed by atoms with van der Waals surface area (Å²) in [5.41, 5.74) is 4.42. The minimum Gasteiger partial charge on any atom is -0.165 e. The Balaban J connectivity index is 2.61. The number of hydrogen-bond donors (Lipinski definition) is 0. The molecule has 0 nitrogen and oxygen atoms in total. The molecule has 0 unspecified atom stereocenters. The Morgan fingerprint density at radius 3 is 2.69 bits per heavy atom. The molecular formula is C12H18S. The van der Waals surface area contributed by atoms with Crippen molar-refractivity contribution in [2.45, 2.75) is 26.7 Å². The summed E-state index contributed by atoms with van der Waals surface area (Å²) < 4.78 is 0. The van der Waals surface area contributed by atoms with Gasteiger partial charge >= 0.3 is 0 Å². The Morgan fingerprint density at radius 2 is 2.00 bits per heavy atom. The van der Waals surface area contributed by atoms with Crippen molar-refractivity contribution in [3.05, 3.63) is 34.9 Å². The predicted octanol–water partition coefficient (Wildman–Crippen LogP) is 3.60. The van der Waals surface area contributed by atoms with Gasteiger partial charge in [0.1, 0.15) is 0 Å². The van der Waals surface area contributed by atoms with Crippen molar-refractivity contribution >= 4 is 11.8 Å². The van der Waals surface area contributed by atoms with Gasteiger partial charge in [-0.3, -0.25) is 0 Å². The highest BCUT2D eigenvalue weighted by atomic mass is 32.2. The lowest BCUT2D eigenvalue weighted by Crippen LogP contribution is -1.93. The van der Waals surface area contributed by atoms with Gasteiger partial charge in [0.15, 0.2) is 0 Å². The zero-order valence-electron chi connectivity index (χ0n) is 8.76. The second kappa shape index (κ2) is 5.33. The average Bonchev–Trinajstić information content (AvgIpc) is 2.13. The molecule has 0 N–H and O–H groups in total. The first-order chi connectivity index (χ1) is 6.25. The van der Waals surface area contributed by atoms with Crippen LogP contribution in [0.4, 0.5) is 0 Å². The third-order valence-electron chi connectivity index (χ3n) is 2.51. The van der Waals surface area contributed by atoms with E-state index in [1.807, 2.05) is 11.8 Å². The van der Waals surface area contributed by atoms with Crippen molar-refractivity contribution in [1.29, 1.82) is 0 Å². The highest BCUT2D eigenvalue weighted by Gasteiger charge is 1.99. The first kappa shape index (κ1) is 10.6. The van der Waals surface area contributed by atoms with Crippen LogP contribution in [-0.2, 0) is 6.42 Å². The third kappa shape index (κ3) is 3.07. The molecule has 0 amide bonds. The van der Waals surface area contributed by atoms with E-state index >= 15 is 0 Å². The molecule has 1 aromatic rings. The van der Waals surface area contributed by atoms with Gasteiger partial charge < -0.3 is 0 Å². The summed E-state index contributed by atoms with van der Waals surface area (Å²) in [5.74, 6) is 1.27. The maximum absolute atomic E-state index is 2.25. The van der Waals surface area contributed by atoms with E-state index in [2.05, 4.69) is 38.3 Å². The number of aryl methyl sites for hydroxylation is 2. The van der Waals surface area contributed by atoms with Gasteiger partial charge in [-0.2, -0.15) is 11.8 Å². The van der Waals surface area contributed by atoms with Crippen LogP contribution in [0.3, 0.4) is 0 Å². The van der Waals surface area contributed by atoms with Gasteiger partial charge in [-0.05, 0) is 55.4 Å². The zero-order chi connectivity index (χ0) is 9.68. The molecule has 13 heavy (non-hydrogen) atoms. The van der Waals surface area contributed by atoms with Gasteiger partial charge in [0.2, 0.25) is 0 Å². The molecule has 0 saturated heterocycles. The van der Waals surface area contributed by atoms with Gasteiger partial charge in [-0.25, -0.2) is 0 Å². The van der Waals surface area contributed by atoms with Crippen LogP contribution in [0.1, 0.15) is 23.1 Å². The molecule has 0 heterocycles. The molecule has 0 spiro atoms. The Hall–Kier alpha value is -0.430. The molecule has 0 radical (unpaired) electrons. The van der Waals surface area contributed by atoms with Crippen molar-refractivity contribution in [3.63, 3.8) is 0 Å². The average molecular weight is 194 g/mol. The Kier molecular flexibility index (Phi) is 4.37. The molecule has 0 aliphatic rings. The molecule has 0 bridgehead atoms. The minimum atomic E-state index is 1.23. The highest BCUT2D eigenvalue weighted by Crippen LogP contribution is 2.15. The SMILES string of the molecule is CSCCCc1cccc(C)c1C. The van der Waals surface area contributed by atoms with E-state index in [0.29, 0.717) is 0 Å². The van der Waals surface area contributed by atoms with Gasteiger partial charge in [0.05, 0.1) is 0 Å². The second-order valence-corrected chi connectivity index (χ2v) is 4.44. The molecule has 0 aliphatic carbocycles. The number of thioether (sulfide) groups is 1. The summed E-state index contributed by atoms with van der Waals surface area (Å²) in [5, 5.41) is 0. The summed E-state index contributed by atoms with van der Waals surface area (Å²) >= 11 is 1.93. The predicted molar refractivity (Wildman–Crippen MR) is 62.6 cm³/mol. The van der Waals surface area contributed by atoms with E-state index in [9.17, 15) is 0 Å². The zero-order valence-corrected chi connectivity index (χ0v) is 9.58. The second-order valence-electron chi connectivity index (χ2n) is 3.46. The van der Waals surface area contributed by atoms with E-state index in [-0.39, 0.29) is 0 Å². The van der Waals surface area contributed by atoms with Gasteiger partial charge in [-0.1, -0.05) is 18.2 Å². The molecule has 1 aromatic carbocycles. The summed E-state index contributed by atoms with van der Waals surface area (Å²) in [4.78, 5) is 0.